The second kappa shape index (κ2) is 5.69. The van der Waals surface area contributed by atoms with Crippen LogP contribution in [0.2, 0.25) is 0 Å². The van der Waals surface area contributed by atoms with Crippen LogP contribution in [0.4, 0.5) is 0 Å². The maximum absolute atomic E-state index is 12.1. The summed E-state index contributed by atoms with van der Waals surface area (Å²) in [6.45, 7) is 3.78. The van der Waals surface area contributed by atoms with E-state index in [0.717, 1.165) is 17.0 Å². The van der Waals surface area contributed by atoms with Crippen molar-refractivity contribution >= 4 is 18.0 Å². The van der Waals surface area contributed by atoms with Gasteiger partial charge in [0.05, 0.1) is 11.8 Å². The first kappa shape index (κ1) is 15.2. The Hall–Kier alpha value is -2.15. The summed E-state index contributed by atoms with van der Waals surface area (Å²) in [4.78, 5) is 24.4. The van der Waals surface area contributed by atoms with Gasteiger partial charge in [-0.25, -0.2) is 4.79 Å². The van der Waals surface area contributed by atoms with Crippen LogP contribution in [0, 0.1) is 13.8 Å². The second-order valence-corrected chi connectivity index (χ2v) is 5.28. The topological polar surface area (TPSA) is 95.7 Å². The van der Waals surface area contributed by atoms with Gasteiger partial charge in [0.25, 0.3) is 0 Å². The molecule has 7 nitrogen and oxygen atoms in total. The summed E-state index contributed by atoms with van der Waals surface area (Å²) in [6, 6.07) is -0.965. The lowest BCUT2D eigenvalue weighted by atomic mass is 10.1. The average Bonchev–Trinajstić information content (AvgIpc) is 2.90. The molecule has 0 radical (unpaired) electrons. The summed E-state index contributed by atoms with van der Waals surface area (Å²) in [7, 11) is 1.82. The van der Waals surface area contributed by atoms with Crippen molar-refractivity contribution in [1.82, 2.24) is 14.7 Å². The molecule has 1 amide bonds. The molecule has 2 N–H and O–H groups in total. The molecule has 0 spiro atoms. The molecule has 0 unspecified atom stereocenters. The molecule has 0 bridgehead atoms. The van der Waals surface area contributed by atoms with Crippen molar-refractivity contribution in [2.45, 2.75) is 32.4 Å². The van der Waals surface area contributed by atoms with E-state index in [0.29, 0.717) is 0 Å². The minimum Gasteiger partial charge on any atom is -0.480 e. The van der Waals surface area contributed by atoms with Gasteiger partial charge in [-0.3, -0.25) is 9.48 Å². The van der Waals surface area contributed by atoms with E-state index < -0.39 is 24.0 Å². The van der Waals surface area contributed by atoms with Crippen LogP contribution >= 0.6 is 0 Å². The number of carboxylic acid groups (broad SMARTS) is 1. The van der Waals surface area contributed by atoms with E-state index >= 15 is 0 Å². The van der Waals surface area contributed by atoms with E-state index in [1.807, 2.05) is 20.9 Å². The van der Waals surface area contributed by atoms with E-state index in [9.17, 15) is 14.7 Å². The molecular weight excluding hydrogens is 274 g/mol. The standard InChI is InChI=1S/C14H19N3O4/c1-8-11(9(2)16(3)15-8)4-5-13(19)17-7-10(18)6-12(17)14(20)21/h4-5,10,12,18H,6-7H2,1-3H3,(H,20,21)/t10-,12-/m1/s1. The Labute approximate surface area is 122 Å². The number of aromatic nitrogens is 2. The molecule has 2 heterocycles. The molecule has 1 fully saturated rings. The fourth-order valence-corrected chi connectivity index (χ4v) is 2.57. The Morgan fingerprint density at radius 2 is 2.05 bits per heavy atom. The SMILES string of the molecule is Cc1nn(C)c(C)c1C=CC(=O)N1C[C@H](O)C[C@@H]1C(=O)O. The zero-order valence-electron chi connectivity index (χ0n) is 12.3. The predicted octanol–water partition coefficient (Wildman–Crippen LogP) is 0.0965. The number of aliphatic hydroxyl groups excluding tert-OH is 1. The maximum atomic E-state index is 12.1. The van der Waals surface area contributed by atoms with Crippen molar-refractivity contribution in [2.75, 3.05) is 6.54 Å². The summed E-state index contributed by atoms with van der Waals surface area (Å²) in [5, 5.41) is 22.9. The van der Waals surface area contributed by atoms with Gasteiger partial charge in [-0.2, -0.15) is 5.10 Å². The largest absolute Gasteiger partial charge is 0.480 e. The third-order valence-corrected chi connectivity index (χ3v) is 3.80. The average molecular weight is 293 g/mol. The van der Waals surface area contributed by atoms with Gasteiger partial charge < -0.3 is 15.1 Å². The highest BCUT2D eigenvalue weighted by Gasteiger charge is 2.38. The maximum Gasteiger partial charge on any atom is 0.326 e. The van der Waals surface area contributed by atoms with Crippen molar-refractivity contribution in [3.8, 4) is 0 Å². The Bertz CT molecular complexity index is 606. The third-order valence-electron chi connectivity index (χ3n) is 3.80. The van der Waals surface area contributed by atoms with Crippen molar-refractivity contribution in [1.29, 1.82) is 0 Å². The number of hydrogen-bond acceptors (Lipinski definition) is 4. The number of β-amino-alcohol motifs (C(OH)–C–C–N with tert-alkyl or cyclic N) is 1. The molecule has 1 saturated heterocycles. The van der Waals surface area contributed by atoms with Crippen LogP contribution in [0.5, 0.6) is 0 Å². The monoisotopic (exact) mass is 293 g/mol. The molecule has 114 valence electrons. The summed E-state index contributed by atoms with van der Waals surface area (Å²) in [5.74, 6) is -1.51. The second-order valence-electron chi connectivity index (χ2n) is 5.28. The molecule has 1 aromatic rings. The van der Waals surface area contributed by atoms with E-state index in [-0.39, 0.29) is 13.0 Å². The van der Waals surface area contributed by atoms with Crippen LogP contribution in [0.3, 0.4) is 0 Å². The van der Waals surface area contributed by atoms with Crippen molar-refractivity contribution < 1.29 is 19.8 Å². The number of rotatable bonds is 3. The minimum absolute atomic E-state index is 0.0468. The number of carboxylic acids is 1. The first-order valence-electron chi connectivity index (χ1n) is 6.71. The molecule has 0 aliphatic carbocycles. The highest BCUT2D eigenvalue weighted by molar-refractivity contribution is 5.95. The van der Waals surface area contributed by atoms with Gasteiger partial charge in [0.1, 0.15) is 6.04 Å². The molecule has 1 aliphatic heterocycles. The number of aliphatic carboxylic acids is 1. The molecule has 1 aromatic heterocycles. The smallest absolute Gasteiger partial charge is 0.326 e. The zero-order chi connectivity index (χ0) is 15.7. The lowest BCUT2D eigenvalue weighted by molar-refractivity contribution is -0.146. The lowest BCUT2D eigenvalue weighted by Crippen LogP contribution is -2.39. The van der Waals surface area contributed by atoms with E-state index in [1.54, 1.807) is 10.8 Å². The van der Waals surface area contributed by atoms with Gasteiger partial charge in [0, 0.05) is 37.3 Å². The van der Waals surface area contributed by atoms with E-state index in [2.05, 4.69) is 5.10 Å². The van der Waals surface area contributed by atoms with E-state index in [1.165, 1.54) is 11.0 Å². The highest BCUT2D eigenvalue weighted by Crippen LogP contribution is 2.20. The molecule has 0 saturated carbocycles. The Balaban J connectivity index is 2.17. The molecule has 21 heavy (non-hydrogen) atoms. The van der Waals surface area contributed by atoms with Crippen LogP contribution in [-0.4, -0.2) is 55.5 Å². The number of nitrogens with zero attached hydrogens (tertiary/aromatic N) is 3. The van der Waals surface area contributed by atoms with Crippen LogP contribution in [0.25, 0.3) is 6.08 Å². The summed E-state index contributed by atoms with van der Waals surface area (Å²) in [5.41, 5.74) is 2.57. The van der Waals surface area contributed by atoms with Crippen molar-refractivity contribution in [3.63, 3.8) is 0 Å². The summed E-state index contributed by atoms with van der Waals surface area (Å²) >= 11 is 0. The first-order valence-corrected chi connectivity index (χ1v) is 6.71. The van der Waals surface area contributed by atoms with Gasteiger partial charge in [-0.15, -0.1) is 0 Å². The summed E-state index contributed by atoms with van der Waals surface area (Å²) < 4.78 is 1.72. The molecule has 2 rings (SSSR count). The fourth-order valence-electron chi connectivity index (χ4n) is 2.57. The molecule has 1 aliphatic rings. The summed E-state index contributed by atoms with van der Waals surface area (Å²) in [6.07, 6.45) is 2.26. The number of carbonyl (C=O) groups excluding carboxylic acids is 1. The Kier molecular flexibility index (Phi) is 4.13. The van der Waals surface area contributed by atoms with Gasteiger partial charge in [0.15, 0.2) is 0 Å². The number of likely N-dealkylation sites (tertiary alicyclic amines) is 1. The minimum atomic E-state index is -1.10. The quantitative estimate of drug-likeness (QED) is 0.770. The Morgan fingerprint density at radius 3 is 2.57 bits per heavy atom. The molecule has 0 aromatic carbocycles. The van der Waals surface area contributed by atoms with Crippen LogP contribution in [0.15, 0.2) is 6.08 Å². The van der Waals surface area contributed by atoms with Crippen molar-refractivity contribution in [3.05, 3.63) is 23.0 Å². The van der Waals surface area contributed by atoms with Gasteiger partial charge in [-0.05, 0) is 19.9 Å². The number of aryl methyl sites for hydroxylation is 2. The third kappa shape index (κ3) is 2.97. The van der Waals surface area contributed by atoms with Gasteiger partial charge >= 0.3 is 5.97 Å². The molecular formula is C14H19N3O4. The van der Waals surface area contributed by atoms with Crippen LogP contribution in [0.1, 0.15) is 23.4 Å². The number of aliphatic hydroxyl groups is 1. The fraction of sp³-hybridized carbons (Fsp3) is 0.500. The number of amides is 1. The predicted molar refractivity (Wildman–Crippen MR) is 75.5 cm³/mol. The lowest BCUT2D eigenvalue weighted by Gasteiger charge is -2.19. The van der Waals surface area contributed by atoms with Crippen LogP contribution < -0.4 is 0 Å². The van der Waals surface area contributed by atoms with E-state index in [4.69, 9.17) is 5.11 Å². The normalized spacial score (nSPS) is 22.2. The van der Waals surface area contributed by atoms with Crippen LogP contribution in [-0.2, 0) is 16.6 Å². The zero-order valence-corrected chi connectivity index (χ0v) is 12.3. The molecule has 7 heteroatoms. The van der Waals surface area contributed by atoms with Gasteiger partial charge in [0.2, 0.25) is 5.91 Å². The molecule has 2 atom stereocenters. The Morgan fingerprint density at radius 1 is 1.38 bits per heavy atom. The van der Waals surface area contributed by atoms with Gasteiger partial charge in [-0.1, -0.05) is 0 Å². The highest BCUT2D eigenvalue weighted by atomic mass is 16.4. The number of carbonyl (C=O) groups is 2. The first-order chi connectivity index (χ1) is 9.81. The van der Waals surface area contributed by atoms with Crippen molar-refractivity contribution in [2.24, 2.45) is 7.05 Å². The number of hydrogen-bond donors (Lipinski definition) is 2.